The number of unbranched alkanes of at least 4 members (excludes halogenated alkanes) is 40. The Bertz CT molecular complexity index is 1120. The minimum Gasteiger partial charge on any atom is -0.466 e. The van der Waals surface area contributed by atoms with E-state index in [1.54, 1.807) is 0 Å². The van der Waals surface area contributed by atoms with Crippen molar-refractivity contribution in [2.45, 2.75) is 341 Å². The van der Waals surface area contributed by atoms with E-state index in [2.05, 4.69) is 55.6 Å². The lowest BCUT2D eigenvalue weighted by Crippen LogP contribution is -2.45. The van der Waals surface area contributed by atoms with Gasteiger partial charge in [-0.05, 0) is 77.0 Å². The summed E-state index contributed by atoms with van der Waals surface area (Å²) < 4.78 is 5.46. The van der Waals surface area contributed by atoms with Crippen molar-refractivity contribution in [2.24, 2.45) is 0 Å². The van der Waals surface area contributed by atoms with E-state index in [0.717, 1.165) is 51.4 Å². The third-order valence-corrected chi connectivity index (χ3v) is 14.1. The van der Waals surface area contributed by atoms with Crippen LogP contribution in [0, 0.1) is 0 Å². The Labute approximate surface area is 430 Å². The summed E-state index contributed by atoms with van der Waals surface area (Å²) in [6, 6.07) is -0.548. The molecule has 0 rings (SSSR count). The van der Waals surface area contributed by atoms with Crippen LogP contribution in [0.2, 0.25) is 0 Å². The maximum atomic E-state index is 12.5. The fourth-order valence-corrected chi connectivity index (χ4v) is 9.44. The minimum atomic E-state index is -0.670. The van der Waals surface area contributed by atoms with Gasteiger partial charge in [0.05, 0.1) is 25.4 Å². The van der Waals surface area contributed by atoms with E-state index < -0.39 is 12.1 Å². The van der Waals surface area contributed by atoms with Crippen molar-refractivity contribution >= 4 is 11.9 Å². The molecule has 0 aliphatic rings. The molecular formula is C63H119NO5. The van der Waals surface area contributed by atoms with E-state index in [0.29, 0.717) is 25.9 Å². The van der Waals surface area contributed by atoms with Gasteiger partial charge < -0.3 is 20.3 Å². The molecule has 1 amide bonds. The molecule has 0 saturated heterocycles. The number of aliphatic hydroxyl groups excluding tert-OH is 2. The molecule has 6 nitrogen and oxygen atoms in total. The molecule has 3 N–H and O–H groups in total. The summed E-state index contributed by atoms with van der Waals surface area (Å²) in [6.45, 7) is 4.89. The second-order valence-corrected chi connectivity index (χ2v) is 21.0. The zero-order chi connectivity index (χ0) is 50.0. The monoisotopic (exact) mass is 970 g/mol. The average Bonchev–Trinajstić information content (AvgIpc) is 3.35. The molecule has 0 aromatic rings. The predicted molar refractivity (Wildman–Crippen MR) is 301 cm³/mol. The third kappa shape index (κ3) is 55.2. The van der Waals surface area contributed by atoms with Crippen LogP contribution in [0.25, 0.3) is 0 Å². The number of carbonyl (C=O) groups is 2. The van der Waals surface area contributed by atoms with E-state index in [1.165, 1.54) is 244 Å². The molecule has 0 heterocycles. The van der Waals surface area contributed by atoms with Gasteiger partial charge in [-0.3, -0.25) is 9.59 Å². The van der Waals surface area contributed by atoms with Crippen molar-refractivity contribution in [3.8, 4) is 0 Å². The number of nitrogens with one attached hydrogen (secondary N) is 1. The Hall–Kier alpha value is -1.92. The van der Waals surface area contributed by atoms with Crippen LogP contribution in [-0.2, 0) is 14.3 Å². The van der Waals surface area contributed by atoms with E-state index in [9.17, 15) is 19.8 Å². The maximum absolute atomic E-state index is 12.5. The smallest absolute Gasteiger partial charge is 0.305 e. The van der Waals surface area contributed by atoms with E-state index in [-0.39, 0.29) is 18.5 Å². The van der Waals surface area contributed by atoms with Gasteiger partial charge in [0, 0.05) is 12.8 Å². The first-order valence-electron chi connectivity index (χ1n) is 30.7. The van der Waals surface area contributed by atoms with E-state index in [1.807, 2.05) is 0 Å². The van der Waals surface area contributed by atoms with Crippen LogP contribution in [0.3, 0.4) is 0 Å². The summed E-state index contributed by atoms with van der Waals surface area (Å²) in [7, 11) is 0. The van der Waals surface area contributed by atoms with Crippen molar-refractivity contribution in [1.82, 2.24) is 5.32 Å². The highest BCUT2D eigenvalue weighted by molar-refractivity contribution is 5.76. The molecule has 0 aromatic carbocycles. The number of rotatable bonds is 57. The molecule has 0 aromatic heterocycles. The van der Waals surface area contributed by atoms with Crippen molar-refractivity contribution in [2.75, 3.05) is 13.2 Å². The SMILES string of the molecule is CCC/C=C\C/C=C\CCCCCCCC(=O)OCCCCCCCCCCCC/C=C\CCCCCCCCCC(=O)NC(CO)C(O)CCCCCCCCCCCCCCCCCCCC. The van der Waals surface area contributed by atoms with E-state index in [4.69, 9.17) is 4.74 Å². The molecular weight excluding hydrogens is 851 g/mol. The van der Waals surface area contributed by atoms with Gasteiger partial charge in [0.25, 0.3) is 0 Å². The first-order valence-corrected chi connectivity index (χ1v) is 30.7. The highest BCUT2D eigenvalue weighted by Gasteiger charge is 2.20. The third-order valence-electron chi connectivity index (χ3n) is 14.1. The van der Waals surface area contributed by atoms with Crippen molar-refractivity contribution < 1.29 is 24.5 Å². The lowest BCUT2D eigenvalue weighted by Gasteiger charge is -2.22. The van der Waals surface area contributed by atoms with E-state index >= 15 is 0 Å². The molecule has 0 fully saturated rings. The molecule has 69 heavy (non-hydrogen) atoms. The summed E-state index contributed by atoms with van der Waals surface area (Å²) in [4.78, 5) is 24.5. The standard InChI is InChI=1S/C63H119NO5/c1-3-5-7-9-11-13-15-17-18-19-25-28-32-35-39-43-47-51-55-61(66)60(59-65)64-62(67)56-52-48-44-40-36-33-29-26-23-21-20-22-24-27-30-34-38-42-46-50-54-58-69-63(68)57-53-49-45-41-37-31-16-14-12-10-8-6-4-2/h8,10,14,16,21,23,60-61,65-66H,3-7,9,11-13,15,17-20,22,24-59H2,1-2H3,(H,64,67)/b10-8-,16-14-,23-21-. The number of ether oxygens (including phenoxy) is 1. The van der Waals surface area contributed by atoms with Crippen molar-refractivity contribution in [3.05, 3.63) is 36.5 Å². The van der Waals surface area contributed by atoms with Crippen LogP contribution in [0.15, 0.2) is 36.5 Å². The lowest BCUT2D eigenvalue weighted by molar-refractivity contribution is -0.143. The largest absolute Gasteiger partial charge is 0.466 e. The fraction of sp³-hybridized carbons (Fsp3) is 0.873. The lowest BCUT2D eigenvalue weighted by atomic mass is 10.0. The van der Waals surface area contributed by atoms with Gasteiger partial charge >= 0.3 is 5.97 Å². The topological polar surface area (TPSA) is 95.9 Å². The Morgan fingerprint density at radius 3 is 1.17 bits per heavy atom. The first-order chi connectivity index (χ1) is 34.0. The molecule has 0 aliphatic carbocycles. The van der Waals surface area contributed by atoms with Crippen LogP contribution in [-0.4, -0.2) is 47.4 Å². The number of hydrogen-bond donors (Lipinski definition) is 3. The second kappa shape index (κ2) is 58.6. The summed E-state index contributed by atoms with van der Waals surface area (Å²) in [5.41, 5.74) is 0. The molecule has 2 atom stereocenters. The average molecular weight is 971 g/mol. The molecule has 6 heteroatoms. The van der Waals surface area contributed by atoms with Gasteiger partial charge in [0.2, 0.25) is 5.91 Å². The molecule has 406 valence electrons. The highest BCUT2D eigenvalue weighted by Crippen LogP contribution is 2.17. The molecule has 0 spiro atoms. The number of amides is 1. The highest BCUT2D eigenvalue weighted by atomic mass is 16.5. The predicted octanol–water partition coefficient (Wildman–Crippen LogP) is 19.2. The van der Waals surface area contributed by atoms with Crippen LogP contribution >= 0.6 is 0 Å². The van der Waals surface area contributed by atoms with Crippen LogP contribution in [0.5, 0.6) is 0 Å². The summed E-state index contributed by atoms with van der Waals surface area (Å²) in [6.07, 6.45) is 72.9. The Balaban J connectivity index is 3.44. The van der Waals surface area contributed by atoms with Crippen LogP contribution in [0.1, 0.15) is 328 Å². The molecule has 0 bridgehead atoms. The Morgan fingerprint density at radius 2 is 0.754 bits per heavy atom. The number of allylic oxidation sites excluding steroid dienone is 6. The maximum Gasteiger partial charge on any atom is 0.305 e. The minimum absolute atomic E-state index is 0.00705. The fourth-order valence-electron chi connectivity index (χ4n) is 9.44. The molecule has 0 saturated carbocycles. The zero-order valence-corrected chi connectivity index (χ0v) is 46.3. The van der Waals surface area contributed by atoms with Crippen molar-refractivity contribution in [1.29, 1.82) is 0 Å². The number of carbonyl (C=O) groups excluding carboxylic acids is 2. The van der Waals surface area contributed by atoms with Gasteiger partial charge in [-0.2, -0.15) is 0 Å². The number of hydrogen-bond acceptors (Lipinski definition) is 5. The summed E-state index contributed by atoms with van der Waals surface area (Å²) in [5.74, 6) is -0.0480. The molecule has 0 radical (unpaired) electrons. The normalized spacial score (nSPS) is 12.8. The van der Waals surface area contributed by atoms with Crippen LogP contribution in [0.4, 0.5) is 0 Å². The molecule has 2 unspecified atom stereocenters. The quantitative estimate of drug-likeness (QED) is 0.0321. The Kier molecular flexibility index (Phi) is 57.0. The van der Waals surface area contributed by atoms with Gasteiger partial charge in [0.1, 0.15) is 0 Å². The van der Waals surface area contributed by atoms with Crippen molar-refractivity contribution in [3.63, 3.8) is 0 Å². The van der Waals surface area contributed by atoms with Gasteiger partial charge in [0.15, 0.2) is 0 Å². The van der Waals surface area contributed by atoms with Gasteiger partial charge in [-0.1, -0.05) is 275 Å². The number of esters is 1. The van der Waals surface area contributed by atoms with Gasteiger partial charge in [-0.25, -0.2) is 0 Å². The summed E-state index contributed by atoms with van der Waals surface area (Å²) >= 11 is 0. The zero-order valence-electron chi connectivity index (χ0n) is 46.3. The summed E-state index contributed by atoms with van der Waals surface area (Å²) in [5, 5.41) is 23.3. The van der Waals surface area contributed by atoms with Gasteiger partial charge in [-0.15, -0.1) is 0 Å². The molecule has 0 aliphatic heterocycles. The second-order valence-electron chi connectivity index (χ2n) is 21.0. The van der Waals surface area contributed by atoms with Crippen LogP contribution < -0.4 is 5.32 Å². The number of aliphatic hydroxyl groups is 2. The first kappa shape index (κ1) is 67.1. The Morgan fingerprint density at radius 1 is 0.406 bits per heavy atom.